The van der Waals surface area contributed by atoms with E-state index in [0.29, 0.717) is 6.61 Å². The minimum Gasteiger partial charge on any atom is -0.384 e. The van der Waals surface area contributed by atoms with Gasteiger partial charge in [0.15, 0.2) is 0 Å². The number of hydrogen-bond donors (Lipinski definition) is 0. The normalized spacial score (nSPS) is 10.4. The summed E-state index contributed by atoms with van der Waals surface area (Å²) >= 11 is 0. The van der Waals surface area contributed by atoms with Crippen LogP contribution in [0.2, 0.25) is 0 Å². The summed E-state index contributed by atoms with van der Waals surface area (Å²) in [5, 5.41) is 0. The van der Waals surface area contributed by atoms with E-state index < -0.39 is 0 Å². The molecule has 48 valence electrons. The van der Waals surface area contributed by atoms with Crippen LogP contribution < -0.4 is 0 Å². The van der Waals surface area contributed by atoms with E-state index in [1.165, 1.54) is 0 Å². The van der Waals surface area contributed by atoms with Crippen molar-refractivity contribution in [3.8, 4) is 0 Å². The third-order valence-electron chi connectivity index (χ3n) is 0.666. The highest BCUT2D eigenvalue weighted by atomic mass is 16.5. The summed E-state index contributed by atoms with van der Waals surface area (Å²) < 4.78 is 4.78. The van der Waals surface area contributed by atoms with Crippen molar-refractivity contribution in [1.82, 2.24) is 4.90 Å². The van der Waals surface area contributed by atoms with Crippen LogP contribution in [-0.4, -0.2) is 32.7 Å². The van der Waals surface area contributed by atoms with Gasteiger partial charge >= 0.3 is 0 Å². The molecule has 0 aliphatic heterocycles. The van der Waals surface area contributed by atoms with Gasteiger partial charge in [-0.05, 0) is 12.3 Å². The standard InChI is InChI=1S/C6H13NO/c1-7(2)5-4-6-8-3/h4-5H,6H2,1-3H3/b5-4-. The Morgan fingerprint density at radius 3 is 2.50 bits per heavy atom. The fourth-order valence-electron chi connectivity index (χ4n) is 0.350. The van der Waals surface area contributed by atoms with Crippen molar-refractivity contribution in [2.45, 2.75) is 0 Å². The molecule has 2 heteroatoms. The van der Waals surface area contributed by atoms with Gasteiger partial charge in [0.2, 0.25) is 0 Å². The van der Waals surface area contributed by atoms with E-state index >= 15 is 0 Å². The lowest BCUT2D eigenvalue weighted by molar-refractivity contribution is 0.232. The first-order valence-electron chi connectivity index (χ1n) is 2.59. The molecule has 0 aromatic rings. The number of rotatable bonds is 3. The second-order valence-electron chi connectivity index (χ2n) is 1.80. The predicted octanol–water partition coefficient (Wildman–Crippen LogP) is 0.708. The van der Waals surface area contributed by atoms with Gasteiger partial charge in [0, 0.05) is 21.2 Å². The van der Waals surface area contributed by atoms with Crippen LogP contribution >= 0.6 is 0 Å². The smallest absolute Gasteiger partial charge is 0.0660 e. The van der Waals surface area contributed by atoms with Gasteiger partial charge in [-0.1, -0.05) is 0 Å². The van der Waals surface area contributed by atoms with Crippen LogP contribution in [0.25, 0.3) is 0 Å². The third-order valence-corrected chi connectivity index (χ3v) is 0.666. The molecule has 0 aliphatic carbocycles. The topological polar surface area (TPSA) is 12.5 Å². The van der Waals surface area contributed by atoms with E-state index in [4.69, 9.17) is 4.74 Å². The Hall–Kier alpha value is -0.500. The van der Waals surface area contributed by atoms with Crippen molar-refractivity contribution in [1.29, 1.82) is 0 Å². The van der Waals surface area contributed by atoms with Gasteiger partial charge in [0.1, 0.15) is 0 Å². The van der Waals surface area contributed by atoms with Gasteiger partial charge in [-0.15, -0.1) is 0 Å². The minimum atomic E-state index is 0.693. The molecule has 0 saturated heterocycles. The quantitative estimate of drug-likeness (QED) is 0.537. The van der Waals surface area contributed by atoms with E-state index in [1.807, 2.05) is 31.3 Å². The SMILES string of the molecule is COC/C=C\N(C)C. The highest BCUT2D eigenvalue weighted by Gasteiger charge is 1.73. The molecule has 0 bridgehead atoms. The first-order valence-corrected chi connectivity index (χ1v) is 2.59. The second-order valence-corrected chi connectivity index (χ2v) is 1.80. The van der Waals surface area contributed by atoms with Crippen LogP contribution in [-0.2, 0) is 4.74 Å². The zero-order valence-electron chi connectivity index (χ0n) is 5.72. The molecule has 0 amide bonds. The molecule has 0 atom stereocenters. The average molecular weight is 115 g/mol. The summed E-state index contributed by atoms with van der Waals surface area (Å²) in [6, 6.07) is 0. The molecule has 0 aromatic carbocycles. The van der Waals surface area contributed by atoms with Gasteiger partial charge in [0.25, 0.3) is 0 Å². The zero-order valence-corrected chi connectivity index (χ0v) is 5.72. The molecule has 0 saturated carbocycles. The summed E-state index contributed by atoms with van der Waals surface area (Å²) in [6.45, 7) is 0.693. The van der Waals surface area contributed by atoms with E-state index in [2.05, 4.69) is 0 Å². The number of hydrogen-bond acceptors (Lipinski definition) is 2. The van der Waals surface area contributed by atoms with Gasteiger partial charge in [-0.2, -0.15) is 0 Å². The molecule has 0 N–H and O–H groups in total. The molecule has 0 aliphatic rings. The lowest BCUT2D eigenvalue weighted by Crippen LogP contribution is -2.00. The maximum Gasteiger partial charge on any atom is 0.0660 e. The Balaban J connectivity index is 3.07. The minimum absolute atomic E-state index is 0.693. The maximum atomic E-state index is 4.78. The largest absolute Gasteiger partial charge is 0.384 e. The highest BCUT2D eigenvalue weighted by Crippen LogP contribution is 1.76. The molecule has 2 nitrogen and oxygen atoms in total. The van der Waals surface area contributed by atoms with Gasteiger partial charge in [-0.3, -0.25) is 0 Å². The van der Waals surface area contributed by atoms with Crippen LogP contribution in [0.5, 0.6) is 0 Å². The van der Waals surface area contributed by atoms with Crippen LogP contribution in [0.4, 0.5) is 0 Å². The van der Waals surface area contributed by atoms with Crippen molar-refractivity contribution < 1.29 is 4.74 Å². The van der Waals surface area contributed by atoms with Crippen molar-refractivity contribution >= 4 is 0 Å². The van der Waals surface area contributed by atoms with Crippen LogP contribution in [0, 0.1) is 0 Å². The van der Waals surface area contributed by atoms with Gasteiger partial charge in [0.05, 0.1) is 6.61 Å². The Morgan fingerprint density at radius 1 is 1.50 bits per heavy atom. The van der Waals surface area contributed by atoms with Crippen molar-refractivity contribution in [2.75, 3.05) is 27.8 Å². The number of nitrogens with zero attached hydrogens (tertiary/aromatic N) is 1. The molecule has 0 rings (SSSR count). The van der Waals surface area contributed by atoms with E-state index in [-0.39, 0.29) is 0 Å². The zero-order chi connectivity index (χ0) is 6.41. The van der Waals surface area contributed by atoms with Crippen LogP contribution in [0.1, 0.15) is 0 Å². The van der Waals surface area contributed by atoms with Gasteiger partial charge in [-0.25, -0.2) is 0 Å². The van der Waals surface area contributed by atoms with Crippen molar-refractivity contribution in [3.05, 3.63) is 12.3 Å². The Kier molecular flexibility index (Phi) is 4.36. The Labute approximate surface area is 50.7 Å². The molecule has 0 aromatic heterocycles. The lowest BCUT2D eigenvalue weighted by atomic mass is 10.6. The number of ether oxygens (including phenoxy) is 1. The van der Waals surface area contributed by atoms with Gasteiger partial charge < -0.3 is 9.64 Å². The number of methoxy groups -OCH3 is 1. The van der Waals surface area contributed by atoms with E-state index in [9.17, 15) is 0 Å². The predicted molar refractivity (Wildman–Crippen MR) is 34.7 cm³/mol. The monoisotopic (exact) mass is 115 g/mol. The molecule has 8 heavy (non-hydrogen) atoms. The first kappa shape index (κ1) is 7.50. The maximum absolute atomic E-state index is 4.78. The fraction of sp³-hybridized carbons (Fsp3) is 0.667. The first-order chi connectivity index (χ1) is 3.77. The molecular weight excluding hydrogens is 102 g/mol. The fourth-order valence-corrected chi connectivity index (χ4v) is 0.350. The average Bonchev–Trinajstić information content (AvgIpc) is 1.66. The van der Waals surface area contributed by atoms with Crippen molar-refractivity contribution in [3.63, 3.8) is 0 Å². The highest BCUT2D eigenvalue weighted by molar-refractivity contribution is 4.77. The van der Waals surface area contributed by atoms with Crippen LogP contribution in [0.15, 0.2) is 12.3 Å². The second kappa shape index (κ2) is 4.65. The Bertz CT molecular complexity index is 68.9. The summed E-state index contributed by atoms with van der Waals surface area (Å²) in [5.41, 5.74) is 0. The van der Waals surface area contributed by atoms with Crippen molar-refractivity contribution in [2.24, 2.45) is 0 Å². The molecular formula is C6H13NO. The molecule has 0 spiro atoms. The van der Waals surface area contributed by atoms with E-state index in [0.717, 1.165) is 0 Å². The Morgan fingerprint density at radius 2 is 2.12 bits per heavy atom. The van der Waals surface area contributed by atoms with Crippen LogP contribution in [0.3, 0.4) is 0 Å². The molecule has 0 radical (unpaired) electrons. The lowest BCUT2D eigenvalue weighted by Gasteiger charge is -2.01. The molecule has 0 fully saturated rings. The van der Waals surface area contributed by atoms with E-state index in [1.54, 1.807) is 7.11 Å². The summed E-state index contributed by atoms with van der Waals surface area (Å²) in [6.07, 6.45) is 3.92. The third kappa shape index (κ3) is 5.50. The molecule has 0 heterocycles. The summed E-state index contributed by atoms with van der Waals surface area (Å²) in [5.74, 6) is 0. The summed E-state index contributed by atoms with van der Waals surface area (Å²) in [7, 11) is 5.64. The summed E-state index contributed by atoms with van der Waals surface area (Å²) in [4.78, 5) is 1.97. The molecule has 0 unspecified atom stereocenters.